The van der Waals surface area contributed by atoms with E-state index in [0.29, 0.717) is 12.1 Å². The number of primary amides is 1. The predicted molar refractivity (Wildman–Crippen MR) is 119 cm³/mol. The van der Waals surface area contributed by atoms with E-state index in [2.05, 4.69) is 20.3 Å². The monoisotopic (exact) mass is 458 g/mol. The molecule has 7 nitrogen and oxygen atoms in total. The number of amides is 1. The lowest BCUT2D eigenvalue weighted by molar-refractivity contribution is -0.117. The summed E-state index contributed by atoms with van der Waals surface area (Å²) in [5.74, 6) is -2.17. The molecule has 1 saturated carbocycles. The van der Waals surface area contributed by atoms with Gasteiger partial charge in [0, 0.05) is 25.3 Å². The molecule has 1 amide bonds. The third kappa shape index (κ3) is 5.75. The molecule has 0 spiro atoms. The van der Waals surface area contributed by atoms with E-state index in [0.717, 1.165) is 24.0 Å². The molecule has 174 valence electrons. The predicted octanol–water partition coefficient (Wildman–Crippen LogP) is 2.91. The lowest BCUT2D eigenvalue weighted by atomic mass is 10.1. The van der Waals surface area contributed by atoms with Crippen molar-refractivity contribution in [2.75, 3.05) is 6.54 Å². The van der Waals surface area contributed by atoms with Crippen molar-refractivity contribution in [3.05, 3.63) is 65.0 Å². The molecule has 1 aliphatic heterocycles. The molecule has 33 heavy (non-hydrogen) atoms. The average Bonchev–Trinajstić information content (AvgIpc) is 3.63. The van der Waals surface area contributed by atoms with Crippen molar-refractivity contribution in [2.45, 2.75) is 50.6 Å². The van der Waals surface area contributed by atoms with Crippen LogP contribution in [0.5, 0.6) is 0 Å². The fourth-order valence-corrected chi connectivity index (χ4v) is 3.71. The minimum absolute atomic E-state index is 0.120. The number of rotatable bonds is 9. The number of carbonyl (C=O) groups excluding carboxylic acids is 1. The van der Waals surface area contributed by atoms with Crippen molar-refractivity contribution in [2.24, 2.45) is 15.7 Å². The Balaban J connectivity index is 1.47. The van der Waals surface area contributed by atoms with Gasteiger partial charge in [0.05, 0.1) is 13.0 Å². The molecule has 0 saturated heterocycles. The standard InChI is InChI=1S/C23H25F3N6O/c24-21(25)19-8-5-17(10-29-19)12-32(18-6-7-18)22-23(26,13-28-14-30-22)31-11-16-3-1-15(2-4-16)9-20(27)33/h1-5,8,10,14,18,21,31H,6-7,9,11-13H2,(H2,27,33). The van der Waals surface area contributed by atoms with Gasteiger partial charge in [-0.1, -0.05) is 30.3 Å². The number of aliphatic imine (C=N–C) groups is 2. The number of nitrogens with one attached hydrogen (secondary N) is 1. The van der Waals surface area contributed by atoms with E-state index in [9.17, 15) is 13.6 Å². The molecular formula is C23H25F3N6O. The van der Waals surface area contributed by atoms with E-state index in [1.54, 1.807) is 18.2 Å². The number of pyridine rings is 1. The van der Waals surface area contributed by atoms with Crippen LogP contribution in [0.4, 0.5) is 13.2 Å². The highest BCUT2D eigenvalue weighted by Gasteiger charge is 2.44. The number of aromatic nitrogens is 1. The highest BCUT2D eigenvalue weighted by atomic mass is 19.3. The lowest BCUT2D eigenvalue weighted by Gasteiger charge is -2.36. The van der Waals surface area contributed by atoms with Gasteiger partial charge in [-0.25, -0.2) is 18.2 Å². The Labute approximate surface area is 189 Å². The van der Waals surface area contributed by atoms with Crippen LogP contribution in [0.15, 0.2) is 52.6 Å². The molecule has 0 radical (unpaired) electrons. The van der Waals surface area contributed by atoms with Gasteiger partial charge in [-0.15, -0.1) is 0 Å². The van der Waals surface area contributed by atoms with Crippen molar-refractivity contribution >= 4 is 18.1 Å². The Morgan fingerprint density at radius 1 is 1.15 bits per heavy atom. The molecule has 1 aromatic carbocycles. The van der Waals surface area contributed by atoms with Crippen LogP contribution in [-0.2, 0) is 24.3 Å². The molecule has 1 atom stereocenters. The molecule has 2 aromatic rings. The molecule has 4 rings (SSSR count). The normalized spacial score (nSPS) is 20.1. The summed E-state index contributed by atoms with van der Waals surface area (Å²) in [4.78, 5) is 25.0. The van der Waals surface area contributed by atoms with E-state index < -0.39 is 18.1 Å². The topological polar surface area (TPSA) is 96.0 Å². The molecule has 2 aliphatic rings. The van der Waals surface area contributed by atoms with Crippen LogP contribution in [0.25, 0.3) is 0 Å². The van der Waals surface area contributed by atoms with Crippen LogP contribution in [0, 0.1) is 0 Å². The van der Waals surface area contributed by atoms with E-state index in [-0.39, 0.29) is 37.1 Å². The fraction of sp³-hybridized carbons (Fsp3) is 0.391. The number of amidine groups is 1. The number of nitrogens with two attached hydrogens (primary N) is 1. The highest BCUT2D eigenvalue weighted by Crippen LogP contribution is 2.32. The summed E-state index contributed by atoms with van der Waals surface area (Å²) >= 11 is 0. The number of alkyl halides is 3. The van der Waals surface area contributed by atoms with Gasteiger partial charge in [-0.2, -0.15) is 0 Å². The first-order valence-electron chi connectivity index (χ1n) is 10.7. The number of hydrogen-bond acceptors (Lipinski definition) is 6. The van der Waals surface area contributed by atoms with E-state index in [4.69, 9.17) is 5.73 Å². The number of nitrogens with zero attached hydrogens (tertiary/aromatic N) is 4. The Morgan fingerprint density at radius 3 is 2.45 bits per heavy atom. The molecular weight excluding hydrogens is 433 g/mol. The van der Waals surface area contributed by atoms with Crippen molar-refractivity contribution in [3.63, 3.8) is 0 Å². The van der Waals surface area contributed by atoms with Gasteiger partial charge in [0.15, 0.2) is 5.84 Å². The van der Waals surface area contributed by atoms with Crippen molar-refractivity contribution in [1.82, 2.24) is 15.2 Å². The Morgan fingerprint density at radius 2 is 1.85 bits per heavy atom. The van der Waals surface area contributed by atoms with Crippen LogP contribution in [0.1, 0.15) is 41.7 Å². The third-order valence-electron chi connectivity index (χ3n) is 5.58. The molecule has 1 aromatic heterocycles. The van der Waals surface area contributed by atoms with Gasteiger partial charge in [0.25, 0.3) is 6.43 Å². The second-order valence-electron chi connectivity index (χ2n) is 8.27. The summed E-state index contributed by atoms with van der Waals surface area (Å²) in [6.07, 6.45) is 2.06. The zero-order valence-electron chi connectivity index (χ0n) is 17.9. The van der Waals surface area contributed by atoms with Gasteiger partial charge < -0.3 is 10.6 Å². The maximum atomic E-state index is 16.1. The second kappa shape index (κ2) is 9.70. The summed E-state index contributed by atoms with van der Waals surface area (Å²) < 4.78 is 41.7. The minimum atomic E-state index is -2.63. The van der Waals surface area contributed by atoms with Crippen LogP contribution < -0.4 is 11.1 Å². The molecule has 1 fully saturated rings. The van der Waals surface area contributed by atoms with Gasteiger partial charge in [0.1, 0.15) is 12.0 Å². The first-order valence-corrected chi connectivity index (χ1v) is 10.7. The summed E-state index contributed by atoms with van der Waals surface area (Å²) in [5.41, 5.74) is 7.25. The number of benzene rings is 1. The van der Waals surface area contributed by atoms with Crippen LogP contribution in [0.3, 0.4) is 0 Å². The number of halogens is 3. The minimum Gasteiger partial charge on any atom is -0.369 e. The first-order chi connectivity index (χ1) is 15.8. The summed E-state index contributed by atoms with van der Waals surface area (Å²) in [5, 5.41) is 2.94. The quantitative estimate of drug-likeness (QED) is 0.565. The summed E-state index contributed by atoms with van der Waals surface area (Å²) in [7, 11) is 0. The number of hydrogen-bond donors (Lipinski definition) is 2. The SMILES string of the molecule is NC(=O)Cc1ccc(CNC2(F)CN=CN=C2N(Cc2ccc(C(F)F)nc2)C2CC2)cc1. The van der Waals surface area contributed by atoms with Gasteiger partial charge in [0.2, 0.25) is 11.7 Å². The summed E-state index contributed by atoms with van der Waals surface area (Å²) in [6, 6.07) is 10.2. The second-order valence-corrected chi connectivity index (χ2v) is 8.27. The molecule has 0 bridgehead atoms. The van der Waals surface area contributed by atoms with Crippen molar-refractivity contribution in [1.29, 1.82) is 0 Å². The molecule has 10 heteroatoms. The van der Waals surface area contributed by atoms with Gasteiger partial charge in [-0.3, -0.25) is 20.1 Å². The van der Waals surface area contributed by atoms with Crippen LogP contribution in [-0.4, -0.2) is 46.3 Å². The first kappa shape index (κ1) is 22.9. The maximum absolute atomic E-state index is 16.1. The highest BCUT2D eigenvalue weighted by molar-refractivity contribution is 5.97. The van der Waals surface area contributed by atoms with Gasteiger partial charge in [-0.05, 0) is 35.6 Å². The zero-order valence-corrected chi connectivity index (χ0v) is 17.9. The largest absolute Gasteiger partial charge is 0.369 e. The molecule has 1 aliphatic carbocycles. The zero-order chi connectivity index (χ0) is 23.4. The maximum Gasteiger partial charge on any atom is 0.280 e. The van der Waals surface area contributed by atoms with Crippen LogP contribution in [0.2, 0.25) is 0 Å². The van der Waals surface area contributed by atoms with E-state index in [1.807, 2.05) is 17.0 Å². The van der Waals surface area contributed by atoms with Crippen molar-refractivity contribution in [3.8, 4) is 0 Å². The van der Waals surface area contributed by atoms with E-state index in [1.165, 1.54) is 18.6 Å². The lowest BCUT2D eigenvalue weighted by Crippen LogP contribution is -2.58. The summed E-state index contributed by atoms with van der Waals surface area (Å²) in [6.45, 7) is 0.408. The van der Waals surface area contributed by atoms with Gasteiger partial charge >= 0.3 is 0 Å². The smallest absolute Gasteiger partial charge is 0.280 e. The molecule has 1 unspecified atom stereocenters. The van der Waals surface area contributed by atoms with Crippen LogP contribution >= 0.6 is 0 Å². The molecule has 3 N–H and O–H groups in total. The number of carbonyl (C=O) groups is 1. The molecule has 2 heterocycles. The average molecular weight is 458 g/mol. The Hall–Kier alpha value is -3.27. The third-order valence-corrected chi connectivity index (χ3v) is 5.58. The fourth-order valence-electron chi connectivity index (χ4n) is 3.71. The Bertz CT molecular complexity index is 1040. The Kier molecular flexibility index (Phi) is 6.73. The van der Waals surface area contributed by atoms with E-state index >= 15 is 4.39 Å². The van der Waals surface area contributed by atoms with Crippen molar-refractivity contribution < 1.29 is 18.0 Å².